The molecule has 0 aliphatic rings. The average molecular weight is 612 g/mol. The van der Waals surface area contributed by atoms with Crippen molar-refractivity contribution in [2.24, 2.45) is 0 Å². The van der Waals surface area contributed by atoms with Gasteiger partial charge in [-0.1, -0.05) is 74.6 Å². The van der Waals surface area contributed by atoms with E-state index in [0.29, 0.717) is 0 Å². The Hall–Kier alpha value is -3.72. The maximum atomic E-state index is 12.5. The second kappa shape index (κ2) is 24.8. The van der Waals surface area contributed by atoms with Crippen molar-refractivity contribution in [2.45, 2.75) is 76.9 Å². The van der Waals surface area contributed by atoms with Gasteiger partial charge in [0.15, 0.2) is 0 Å². The first-order valence-electron chi connectivity index (χ1n) is 15.1. The number of unbranched alkanes of at least 4 members (excludes halogenated alkanes) is 2. The third-order valence-electron chi connectivity index (χ3n) is 6.10. The zero-order valence-corrected chi connectivity index (χ0v) is 26.4. The van der Waals surface area contributed by atoms with Gasteiger partial charge in [-0.05, 0) is 81.7 Å². The van der Waals surface area contributed by atoms with Crippen LogP contribution in [0.15, 0.2) is 79.0 Å². The largest absolute Gasteiger partial charge is 0.507 e. The number of phenols is 1. The van der Waals surface area contributed by atoms with Gasteiger partial charge in [0.2, 0.25) is 5.91 Å². The normalized spacial score (nSPS) is 12.6. The van der Waals surface area contributed by atoms with Gasteiger partial charge >= 0.3 is 12.0 Å². The van der Waals surface area contributed by atoms with E-state index in [4.69, 9.17) is 5.11 Å². The molecule has 0 saturated heterocycles. The maximum Gasteiger partial charge on any atom is 0.339 e. The number of aromatic carboxylic acids is 1. The average Bonchev–Trinajstić information content (AvgIpc) is 2.99. The van der Waals surface area contributed by atoms with Crippen LogP contribution in [0.1, 0.15) is 82.0 Å². The molecule has 0 spiro atoms. The second-order valence-electron chi connectivity index (χ2n) is 9.68. The van der Waals surface area contributed by atoms with Crippen LogP contribution in [0.5, 0.6) is 5.75 Å². The number of carbonyl (C=O) groups is 3. The molecular weight excluding hydrogens is 562 g/mol. The van der Waals surface area contributed by atoms with E-state index in [1.165, 1.54) is 18.2 Å². The van der Waals surface area contributed by atoms with Gasteiger partial charge in [0.05, 0.1) is 5.25 Å². The van der Waals surface area contributed by atoms with Gasteiger partial charge in [0.1, 0.15) is 11.3 Å². The number of amides is 3. The van der Waals surface area contributed by atoms with Crippen molar-refractivity contribution in [1.29, 1.82) is 0 Å². The number of carboxylic acids is 1. The molecule has 0 unspecified atom stereocenters. The number of aromatic hydroxyl groups is 1. The molecule has 0 bridgehead atoms. The highest BCUT2D eigenvalue weighted by molar-refractivity contribution is 8.00. The summed E-state index contributed by atoms with van der Waals surface area (Å²) in [5.41, 5.74) is -0.0668. The number of allylic oxidation sites excluding steroid dienone is 10. The summed E-state index contributed by atoms with van der Waals surface area (Å²) >= 11 is 1.66. The first-order chi connectivity index (χ1) is 20.9. The van der Waals surface area contributed by atoms with Crippen molar-refractivity contribution in [2.75, 3.05) is 24.2 Å². The molecule has 1 atom stereocenters. The van der Waals surface area contributed by atoms with Crippen molar-refractivity contribution in [3.05, 3.63) is 84.5 Å². The van der Waals surface area contributed by atoms with Crippen molar-refractivity contribution < 1.29 is 24.6 Å². The lowest BCUT2D eigenvalue weighted by atomic mass is 10.2. The molecule has 43 heavy (non-hydrogen) atoms. The molecular formula is C34H49N3O5S. The summed E-state index contributed by atoms with van der Waals surface area (Å²) < 4.78 is 0. The monoisotopic (exact) mass is 611 g/mol. The highest BCUT2D eigenvalue weighted by Gasteiger charge is 2.16. The van der Waals surface area contributed by atoms with Crippen LogP contribution >= 0.6 is 11.8 Å². The van der Waals surface area contributed by atoms with Gasteiger partial charge in [-0.25, -0.2) is 9.59 Å². The lowest BCUT2D eigenvalue weighted by Crippen LogP contribution is -2.39. The molecule has 0 radical (unpaired) electrons. The number of thioether (sulfide) groups is 1. The van der Waals surface area contributed by atoms with Crippen LogP contribution in [0.3, 0.4) is 0 Å². The fraction of sp³-hybridized carbons (Fsp3) is 0.441. The van der Waals surface area contributed by atoms with Crippen LogP contribution in [0, 0.1) is 0 Å². The van der Waals surface area contributed by atoms with E-state index in [1.807, 2.05) is 6.92 Å². The Bertz CT molecular complexity index is 1110. The summed E-state index contributed by atoms with van der Waals surface area (Å²) in [6.45, 7) is 4.63. The van der Waals surface area contributed by atoms with Crippen LogP contribution in [0.25, 0.3) is 0 Å². The molecule has 1 aromatic rings. The highest BCUT2D eigenvalue weighted by atomic mass is 32.2. The topological polar surface area (TPSA) is 128 Å². The molecule has 0 fully saturated rings. The third-order valence-corrected chi connectivity index (χ3v) is 7.57. The van der Waals surface area contributed by atoms with Gasteiger partial charge in [-0.2, -0.15) is 0 Å². The lowest BCUT2D eigenvalue weighted by molar-refractivity contribution is -0.120. The molecule has 9 heteroatoms. The highest BCUT2D eigenvalue weighted by Crippen LogP contribution is 2.21. The number of anilines is 1. The fourth-order valence-corrected chi connectivity index (χ4v) is 4.90. The standard InChI is InChI=1S/C34H49N3O5S/c1-3-5-6-7-8-9-10-11-12-13-14-15-16-17-18-19-20-21-26-43-31(4-2)32(39)35-24-25-36-34(42)37-28-22-23-30(38)29(27-28)33(40)41/h5-6,8-9,11-12,14-15,17-18,22-23,27,31,38H,3-4,7,10,13,16,19-21,24-26H2,1-2H3,(H,35,39)(H,40,41)(H2,36,37,42)/b6-5-,9-8-,12-11-,15-14-,18-17-/t31-/m0/s1. The summed E-state index contributed by atoms with van der Waals surface area (Å²) in [6.07, 6.45) is 30.9. The third kappa shape index (κ3) is 19.2. The number of carboxylic acid groups (broad SMARTS) is 1. The lowest BCUT2D eigenvalue weighted by Gasteiger charge is -2.15. The van der Waals surface area contributed by atoms with Crippen LogP contribution in [0.2, 0.25) is 0 Å². The minimum atomic E-state index is -1.29. The van der Waals surface area contributed by atoms with Gasteiger partial charge in [-0.3, -0.25) is 4.79 Å². The first-order valence-corrected chi connectivity index (χ1v) is 16.2. The molecule has 5 N–H and O–H groups in total. The molecule has 8 nitrogen and oxygen atoms in total. The summed E-state index contributed by atoms with van der Waals surface area (Å²) in [6, 6.07) is 3.23. The summed E-state index contributed by atoms with van der Waals surface area (Å²) in [5.74, 6) is -0.799. The predicted octanol–water partition coefficient (Wildman–Crippen LogP) is 7.76. The molecule has 0 heterocycles. The molecule has 0 aliphatic heterocycles. The Morgan fingerprint density at radius 2 is 1.40 bits per heavy atom. The van der Waals surface area contributed by atoms with E-state index < -0.39 is 12.0 Å². The fourth-order valence-electron chi connectivity index (χ4n) is 3.77. The Morgan fingerprint density at radius 3 is 1.98 bits per heavy atom. The predicted molar refractivity (Wildman–Crippen MR) is 180 cm³/mol. The Labute approximate surface area is 261 Å². The SMILES string of the molecule is CC/C=C\C/C=C\C/C=C\C/C=C\C/C=C\CCCCS[C@@H](CC)C(=O)NCCNC(=O)Nc1ccc(O)c(C(=O)O)c1. The number of hydrogen-bond acceptors (Lipinski definition) is 5. The van der Waals surface area contributed by atoms with Crippen LogP contribution in [0.4, 0.5) is 10.5 Å². The Kier molecular flexibility index (Phi) is 21.5. The molecule has 1 aromatic carbocycles. The molecule has 0 aliphatic carbocycles. The van der Waals surface area contributed by atoms with Crippen molar-refractivity contribution in [3.63, 3.8) is 0 Å². The van der Waals surface area contributed by atoms with Crippen molar-refractivity contribution in [3.8, 4) is 5.75 Å². The number of benzene rings is 1. The number of rotatable bonds is 22. The van der Waals surface area contributed by atoms with Crippen molar-refractivity contribution in [1.82, 2.24) is 10.6 Å². The minimum Gasteiger partial charge on any atom is -0.507 e. The summed E-state index contributed by atoms with van der Waals surface area (Å²) in [5, 5.41) is 26.5. The van der Waals surface area contributed by atoms with Crippen LogP contribution in [-0.4, -0.2) is 52.2 Å². The maximum absolute atomic E-state index is 12.5. The quantitative estimate of drug-likeness (QED) is 0.0518. The molecule has 1 rings (SSSR count). The van der Waals surface area contributed by atoms with Crippen LogP contribution in [-0.2, 0) is 4.79 Å². The zero-order chi connectivity index (χ0) is 31.5. The zero-order valence-electron chi connectivity index (χ0n) is 25.6. The Balaban J connectivity index is 2.10. The summed E-state index contributed by atoms with van der Waals surface area (Å²) in [4.78, 5) is 35.6. The minimum absolute atomic E-state index is 0.0443. The smallest absolute Gasteiger partial charge is 0.339 e. The number of carbonyl (C=O) groups excluding carboxylic acids is 2. The van der Waals surface area contributed by atoms with E-state index in [9.17, 15) is 19.5 Å². The molecule has 0 saturated carbocycles. The summed E-state index contributed by atoms with van der Waals surface area (Å²) in [7, 11) is 0. The van der Waals surface area contributed by atoms with E-state index in [1.54, 1.807) is 11.8 Å². The second-order valence-corrected chi connectivity index (χ2v) is 11.0. The van der Waals surface area contributed by atoms with Gasteiger partial charge < -0.3 is 26.2 Å². The van der Waals surface area contributed by atoms with E-state index >= 15 is 0 Å². The molecule has 0 aromatic heterocycles. The molecule has 3 amide bonds. The Morgan fingerprint density at radius 1 is 0.814 bits per heavy atom. The number of urea groups is 1. The van der Waals surface area contributed by atoms with Gasteiger partial charge in [0, 0.05) is 18.8 Å². The first kappa shape index (κ1) is 37.3. The van der Waals surface area contributed by atoms with E-state index in [0.717, 1.165) is 63.5 Å². The van der Waals surface area contributed by atoms with E-state index in [2.05, 4.69) is 83.6 Å². The van der Waals surface area contributed by atoms with Crippen LogP contribution < -0.4 is 16.0 Å². The van der Waals surface area contributed by atoms with E-state index in [-0.39, 0.29) is 41.2 Å². The number of hydrogen-bond donors (Lipinski definition) is 5. The van der Waals surface area contributed by atoms with Gasteiger partial charge in [0.25, 0.3) is 0 Å². The number of nitrogens with one attached hydrogen (secondary N) is 3. The van der Waals surface area contributed by atoms with Crippen molar-refractivity contribution >= 4 is 35.4 Å². The molecule has 236 valence electrons. The van der Waals surface area contributed by atoms with Gasteiger partial charge in [-0.15, -0.1) is 11.8 Å².